The van der Waals surface area contributed by atoms with Crippen LogP contribution in [-0.2, 0) is 0 Å². The van der Waals surface area contributed by atoms with E-state index in [1.807, 2.05) is 24.6 Å². The molecule has 20 heavy (non-hydrogen) atoms. The van der Waals surface area contributed by atoms with Crippen molar-refractivity contribution in [3.8, 4) is 0 Å². The summed E-state index contributed by atoms with van der Waals surface area (Å²) in [5, 5.41) is 8.56. The van der Waals surface area contributed by atoms with Gasteiger partial charge < -0.3 is 10.9 Å². The lowest BCUT2D eigenvalue weighted by molar-refractivity contribution is 0.392. The summed E-state index contributed by atoms with van der Waals surface area (Å²) in [5.74, 6) is 0. The van der Waals surface area contributed by atoms with Crippen molar-refractivity contribution in [2.75, 3.05) is 0 Å². The molecule has 0 amide bonds. The normalized spacial score (nSPS) is 22.4. The molecule has 2 aliphatic heterocycles. The van der Waals surface area contributed by atoms with Gasteiger partial charge in [-0.25, -0.2) is 0 Å². The van der Waals surface area contributed by atoms with E-state index in [0.717, 1.165) is 11.1 Å². The maximum atomic E-state index is 4.28. The van der Waals surface area contributed by atoms with Gasteiger partial charge in [0.25, 0.3) is 0 Å². The van der Waals surface area contributed by atoms with Crippen molar-refractivity contribution < 1.29 is 0 Å². The third kappa shape index (κ3) is 1.69. The Labute approximate surface area is 117 Å². The van der Waals surface area contributed by atoms with Crippen LogP contribution in [0.4, 0.5) is 0 Å². The van der Waals surface area contributed by atoms with E-state index in [2.05, 4.69) is 57.5 Å². The molecule has 98 valence electrons. The summed E-state index contributed by atoms with van der Waals surface area (Å²) in [6.45, 7) is 0. The van der Waals surface area contributed by atoms with E-state index in [-0.39, 0.29) is 12.1 Å². The Bertz CT molecular complexity index is 644. The van der Waals surface area contributed by atoms with Gasteiger partial charge in [0.2, 0.25) is 0 Å². The van der Waals surface area contributed by atoms with Crippen LogP contribution in [0.15, 0.2) is 58.7 Å². The highest BCUT2D eigenvalue weighted by molar-refractivity contribution is 5.84. The van der Waals surface area contributed by atoms with Gasteiger partial charge in [0.05, 0.1) is 24.5 Å². The number of rotatable bonds is 1. The van der Waals surface area contributed by atoms with Gasteiger partial charge in [0.1, 0.15) is 0 Å². The molecule has 0 fully saturated rings. The van der Waals surface area contributed by atoms with Crippen LogP contribution < -0.4 is 10.9 Å². The second kappa shape index (κ2) is 4.49. The lowest BCUT2D eigenvalue weighted by Gasteiger charge is -2.32. The number of fused-ring (bicyclic) bond motifs is 2. The van der Waals surface area contributed by atoms with Crippen molar-refractivity contribution in [1.82, 2.24) is 10.9 Å². The predicted octanol–water partition coefficient (Wildman–Crippen LogP) is 2.34. The fourth-order valence-electron chi connectivity index (χ4n) is 2.84. The SMILES string of the molecule is C1=NNC(C2NN=Cc3ccccc32)c2ccccc21. The second-order valence-corrected chi connectivity index (χ2v) is 4.99. The van der Waals surface area contributed by atoms with Gasteiger partial charge in [0, 0.05) is 0 Å². The second-order valence-electron chi connectivity index (χ2n) is 4.99. The first-order valence-corrected chi connectivity index (χ1v) is 6.68. The zero-order valence-corrected chi connectivity index (χ0v) is 10.8. The summed E-state index contributed by atoms with van der Waals surface area (Å²) >= 11 is 0. The fraction of sp³-hybridized carbons (Fsp3) is 0.125. The first-order valence-electron chi connectivity index (χ1n) is 6.68. The molecule has 0 aromatic heterocycles. The molecule has 0 saturated carbocycles. The molecule has 4 rings (SSSR count). The van der Waals surface area contributed by atoms with Crippen LogP contribution in [0.3, 0.4) is 0 Å². The molecule has 2 heterocycles. The molecule has 0 saturated heterocycles. The molecule has 2 atom stereocenters. The van der Waals surface area contributed by atoms with Crippen molar-refractivity contribution in [2.24, 2.45) is 10.2 Å². The molecule has 2 aromatic rings. The average Bonchev–Trinajstić information content (AvgIpc) is 2.54. The number of hydrazone groups is 2. The lowest BCUT2D eigenvalue weighted by atomic mass is 9.88. The summed E-state index contributed by atoms with van der Waals surface area (Å²) in [7, 11) is 0. The Balaban J connectivity index is 1.80. The average molecular weight is 262 g/mol. The van der Waals surface area contributed by atoms with Crippen LogP contribution in [0.1, 0.15) is 34.3 Å². The Kier molecular flexibility index (Phi) is 2.52. The van der Waals surface area contributed by atoms with Crippen LogP contribution in [0, 0.1) is 0 Å². The topological polar surface area (TPSA) is 48.8 Å². The molecular weight excluding hydrogens is 248 g/mol. The lowest BCUT2D eigenvalue weighted by Crippen LogP contribution is -2.35. The Morgan fingerprint density at radius 2 is 1.10 bits per heavy atom. The highest BCUT2D eigenvalue weighted by atomic mass is 15.4. The third-order valence-electron chi connectivity index (χ3n) is 3.83. The van der Waals surface area contributed by atoms with Crippen LogP contribution in [0.2, 0.25) is 0 Å². The van der Waals surface area contributed by atoms with E-state index in [1.54, 1.807) is 0 Å². The smallest absolute Gasteiger partial charge is 0.0955 e. The van der Waals surface area contributed by atoms with E-state index in [0.29, 0.717) is 0 Å². The zero-order valence-electron chi connectivity index (χ0n) is 10.8. The maximum Gasteiger partial charge on any atom is 0.0955 e. The molecule has 4 nitrogen and oxygen atoms in total. The number of hydrogen-bond acceptors (Lipinski definition) is 4. The minimum Gasteiger partial charge on any atom is -0.300 e. The Hall–Kier alpha value is -2.62. The first-order chi connectivity index (χ1) is 9.93. The quantitative estimate of drug-likeness (QED) is 0.828. The largest absolute Gasteiger partial charge is 0.300 e. The van der Waals surface area contributed by atoms with Crippen LogP contribution in [-0.4, -0.2) is 12.4 Å². The van der Waals surface area contributed by atoms with Crippen LogP contribution in [0.25, 0.3) is 0 Å². The highest BCUT2D eigenvalue weighted by Crippen LogP contribution is 2.34. The van der Waals surface area contributed by atoms with E-state index < -0.39 is 0 Å². The fourth-order valence-corrected chi connectivity index (χ4v) is 2.84. The van der Waals surface area contributed by atoms with Gasteiger partial charge in [-0.3, -0.25) is 0 Å². The Morgan fingerprint density at radius 1 is 0.650 bits per heavy atom. The highest BCUT2D eigenvalue weighted by Gasteiger charge is 2.30. The minimum absolute atomic E-state index is 0.0785. The van der Waals surface area contributed by atoms with Crippen molar-refractivity contribution in [3.05, 3.63) is 70.8 Å². The molecule has 0 radical (unpaired) electrons. The molecule has 2 N–H and O–H groups in total. The first kappa shape index (κ1) is 11.2. The van der Waals surface area contributed by atoms with Crippen molar-refractivity contribution >= 4 is 12.4 Å². The van der Waals surface area contributed by atoms with Crippen molar-refractivity contribution in [1.29, 1.82) is 0 Å². The summed E-state index contributed by atoms with van der Waals surface area (Å²) in [6, 6.07) is 16.8. The summed E-state index contributed by atoms with van der Waals surface area (Å²) < 4.78 is 0. The molecule has 0 aliphatic carbocycles. The van der Waals surface area contributed by atoms with Gasteiger partial charge in [-0.2, -0.15) is 10.2 Å². The molecule has 2 unspecified atom stereocenters. The molecule has 0 bridgehead atoms. The summed E-state index contributed by atoms with van der Waals surface area (Å²) in [4.78, 5) is 0. The van der Waals surface area contributed by atoms with Gasteiger partial charge in [-0.15, -0.1) is 0 Å². The Morgan fingerprint density at radius 3 is 1.60 bits per heavy atom. The molecule has 2 aromatic carbocycles. The van der Waals surface area contributed by atoms with Gasteiger partial charge in [-0.1, -0.05) is 48.5 Å². The van der Waals surface area contributed by atoms with Gasteiger partial charge in [0.15, 0.2) is 0 Å². The summed E-state index contributed by atoms with van der Waals surface area (Å²) in [5.41, 5.74) is 11.2. The van der Waals surface area contributed by atoms with Gasteiger partial charge in [-0.05, 0) is 22.3 Å². The van der Waals surface area contributed by atoms with E-state index in [4.69, 9.17) is 0 Å². The van der Waals surface area contributed by atoms with E-state index in [1.165, 1.54) is 11.1 Å². The number of nitrogens with zero attached hydrogens (tertiary/aromatic N) is 2. The molecular formula is C16H14N4. The van der Waals surface area contributed by atoms with Crippen molar-refractivity contribution in [3.63, 3.8) is 0 Å². The molecule has 0 spiro atoms. The van der Waals surface area contributed by atoms with E-state index >= 15 is 0 Å². The number of hydrogen-bond donors (Lipinski definition) is 2. The minimum atomic E-state index is 0.0785. The van der Waals surface area contributed by atoms with E-state index in [9.17, 15) is 0 Å². The van der Waals surface area contributed by atoms with Crippen LogP contribution in [0.5, 0.6) is 0 Å². The maximum absolute atomic E-state index is 4.28. The van der Waals surface area contributed by atoms with Gasteiger partial charge >= 0.3 is 0 Å². The molecule has 2 aliphatic rings. The third-order valence-corrected chi connectivity index (χ3v) is 3.83. The number of benzene rings is 2. The monoisotopic (exact) mass is 262 g/mol. The molecule has 4 heteroatoms. The standard InChI is InChI=1S/C16H14N4/c1-3-7-13-11(5-1)9-17-19-15(13)16-14-8-4-2-6-12(14)10-18-20-16/h1-10,15-16,19-20H. The van der Waals surface area contributed by atoms with Crippen LogP contribution >= 0.6 is 0 Å². The van der Waals surface area contributed by atoms with Crippen molar-refractivity contribution in [2.45, 2.75) is 12.1 Å². The zero-order chi connectivity index (χ0) is 13.4. The summed E-state index contributed by atoms with van der Waals surface area (Å²) in [6.07, 6.45) is 3.73. The predicted molar refractivity (Wildman–Crippen MR) is 79.8 cm³/mol. The number of nitrogens with one attached hydrogen (secondary N) is 2.